The van der Waals surface area contributed by atoms with Crippen molar-refractivity contribution in [3.63, 3.8) is 0 Å². The molecular formula is C16H16O3. The first-order valence-electron chi connectivity index (χ1n) is 6.25. The van der Waals surface area contributed by atoms with Crippen molar-refractivity contribution < 1.29 is 14.2 Å². The normalized spacial score (nSPS) is 32.8. The summed E-state index contributed by atoms with van der Waals surface area (Å²) in [6.07, 6.45) is 5.35. The molecule has 0 saturated carbocycles. The monoisotopic (exact) mass is 256 g/mol. The fourth-order valence-electron chi connectivity index (χ4n) is 2.34. The molecule has 3 saturated heterocycles. The number of hydrogen-bond donors (Lipinski definition) is 0. The molecule has 3 nitrogen and oxygen atoms in total. The summed E-state index contributed by atoms with van der Waals surface area (Å²) in [5, 5.41) is 0. The zero-order valence-corrected chi connectivity index (χ0v) is 10.9. The van der Waals surface area contributed by atoms with Gasteiger partial charge in [0.05, 0.1) is 25.2 Å². The maximum Gasteiger partial charge on any atom is 0.312 e. The van der Waals surface area contributed by atoms with Gasteiger partial charge in [0, 0.05) is 11.1 Å². The van der Waals surface area contributed by atoms with Crippen LogP contribution in [0.15, 0.2) is 36.4 Å². The van der Waals surface area contributed by atoms with Crippen LogP contribution in [0.2, 0.25) is 0 Å². The van der Waals surface area contributed by atoms with Crippen molar-refractivity contribution in [3.05, 3.63) is 47.5 Å². The number of ether oxygens (including phenoxy) is 3. The van der Waals surface area contributed by atoms with Gasteiger partial charge in [0.15, 0.2) is 0 Å². The van der Waals surface area contributed by atoms with Crippen molar-refractivity contribution in [2.75, 3.05) is 19.8 Å². The Balaban J connectivity index is 1.87. The fourth-order valence-corrected chi connectivity index (χ4v) is 2.34. The summed E-state index contributed by atoms with van der Waals surface area (Å²) in [6.45, 7) is 7.69. The molecule has 1 aromatic rings. The van der Waals surface area contributed by atoms with Gasteiger partial charge in [-0.1, -0.05) is 18.1 Å². The van der Waals surface area contributed by atoms with Crippen molar-refractivity contribution in [1.82, 2.24) is 0 Å². The van der Waals surface area contributed by atoms with Crippen LogP contribution in [0.3, 0.4) is 0 Å². The van der Waals surface area contributed by atoms with Crippen LogP contribution in [0.1, 0.15) is 18.1 Å². The van der Waals surface area contributed by atoms with E-state index in [1.807, 2.05) is 31.2 Å². The highest BCUT2D eigenvalue weighted by molar-refractivity contribution is 5.35. The van der Waals surface area contributed by atoms with Gasteiger partial charge in [-0.15, -0.1) is 6.42 Å². The first-order valence-corrected chi connectivity index (χ1v) is 6.25. The molecule has 19 heavy (non-hydrogen) atoms. The SMILES string of the molecule is C#Cc1ccc(C23OCC(C(=C)C)(CO2)CO3)cc1. The highest BCUT2D eigenvalue weighted by Gasteiger charge is 2.53. The van der Waals surface area contributed by atoms with E-state index in [1.54, 1.807) is 0 Å². The Hall–Kier alpha value is -1.60. The minimum absolute atomic E-state index is 0.208. The average molecular weight is 256 g/mol. The van der Waals surface area contributed by atoms with Crippen LogP contribution < -0.4 is 0 Å². The number of hydrogen-bond acceptors (Lipinski definition) is 3. The van der Waals surface area contributed by atoms with Crippen LogP contribution >= 0.6 is 0 Å². The standard InChI is InChI=1S/C16H16O3/c1-4-13-5-7-14(8-6-13)16-17-9-15(10-18-16,11-19-16)12(2)3/h1,5-8H,2,9-11H2,3H3. The molecule has 0 atom stereocenters. The summed E-state index contributed by atoms with van der Waals surface area (Å²) < 4.78 is 17.5. The Kier molecular flexibility index (Phi) is 2.75. The molecular weight excluding hydrogens is 240 g/mol. The maximum atomic E-state index is 5.83. The van der Waals surface area contributed by atoms with Gasteiger partial charge in [-0.2, -0.15) is 0 Å². The summed E-state index contributed by atoms with van der Waals surface area (Å²) in [5.74, 6) is 1.51. The first kappa shape index (κ1) is 12.4. The number of fused-ring (bicyclic) bond motifs is 3. The highest BCUT2D eigenvalue weighted by Crippen LogP contribution is 2.46. The molecule has 0 unspecified atom stereocenters. The zero-order valence-electron chi connectivity index (χ0n) is 10.9. The summed E-state index contributed by atoms with van der Waals surface area (Å²) in [7, 11) is 0. The largest absolute Gasteiger partial charge is 0.322 e. The average Bonchev–Trinajstić information content (AvgIpc) is 2.49. The molecule has 4 rings (SSSR count). The van der Waals surface area contributed by atoms with Crippen molar-refractivity contribution in [2.45, 2.75) is 12.9 Å². The predicted molar refractivity (Wildman–Crippen MR) is 71.2 cm³/mol. The number of terminal acetylenes is 1. The minimum Gasteiger partial charge on any atom is -0.322 e. The van der Waals surface area contributed by atoms with Gasteiger partial charge in [-0.05, 0) is 31.2 Å². The fraction of sp³-hybridized carbons (Fsp3) is 0.375. The van der Waals surface area contributed by atoms with Crippen LogP contribution in [0.25, 0.3) is 0 Å². The van der Waals surface area contributed by atoms with Crippen LogP contribution in [0, 0.1) is 17.8 Å². The highest BCUT2D eigenvalue weighted by atomic mass is 16.9. The molecule has 3 aliphatic rings. The summed E-state index contributed by atoms with van der Waals surface area (Å²) in [4.78, 5) is 0. The van der Waals surface area contributed by atoms with Gasteiger partial charge in [0.2, 0.25) is 0 Å². The predicted octanol–water partition coefficient (Wildman–Crippen LogP) is 2.42. The maximum absolute atomic E-state index is 5.83. The molecule has 0 radical (unpaired) electrons. The van der Waals surface area contributed by atoms with Crippen LogP contribution in [0.4, 0.5) is 0 Å². The summed E-state index contributed by atoms with van der Waals surface area (Å²) in [5.41, 5.74) is 2.48. The minimum atomic E-state index is -1.08. The lowest BCUT2D eigenvalue weighted by Crippen LogP contribution is -2.58. The van der Waals surface area contributed by atoms with E-state index in [0.717, 1.165) is 16.7 Å². The third-order valence-electron chi connectivity index (χ3n) is 3.93. The molecule has 0 spiro atoms. The van der Waals surface area contributed by atoms with Crippen molar-refractivity contribution in [2.24, 2.45) is 5.41 Å². The third-order valence-corrected chi connectivity index (χ3v) is 3.93. The van der Waals surface area contributed by atoms with E-state index in [9.17, 15) is 0 Å². The van der Waals surface area contributed by atoms with Gasteiger partial charge in [0.25, 0.3) is 0 Å². The topological polar surface area (TPSA) is 27.7 Å². The molecule has 98 valence electrons. The molecule has 0 amide bonds. The zero-order chi connectivity index (χ0) is 13.5. The van der Waals surface area contributed by atoms with E-state index < -0.39 is 5.97 Å². The Morgan fingerprint density at radius 3 is 2.11 bits per heavy atom. The second-order valence-electron chi connectivity index (χ2n) is 5.20. The summed E-state index contributed by atoms with van der Waals surface area (Å²) in [6, 6.07) is 7.48. The Morgan fingerprint density at radius 2 is 1.68 bits per heavy atom. The van der Waals surface area contributed by atoms with Gasteiger partial charge < -0.3 is 14.2 Å². The molecule has 0 aromatic heterocycles. The van der Waals surface area contributed by atoms with Crippen LogP contribution in [0.5, 0.6) is 0 Å². The molecule has 3 fully saturated rings. The van der Waals surface area contributed by atoms with E-state index >= 15 is 0 Å². The second-order valence-corrected chi connectivity index (χ2v) is 5.20. The molecule has 3 heterocycles. The van der Waals surface area contributed by atoms with Gasteiger partial charge in [0.1, 0.15) is 0 Å². The lowest BCUT2D eigenvalue weighted by molar-refractivity contribution is -0.474. The molecule has 0 aliphatic carbocycles. The van der Waals surface area contributed by atoms with Crippen molar-refractivity contribution >= 4 is 0 Å². The summed E-state index contributed by atoms with van der Waals surface area (Å²) >= 11 is 0. The van der Waals surface area contributed by atoms with Gasteiger partial charge in [-0.25, -0.2) is 0 Å². The molecule has 3 heteroatoms. The van der Waals surface area contributed by atoms with Crippen LogP contribution in [-0.2, 0) is 20.2 Å². The van der Waals surface area contributed by atoms with Gasteiger partial charge >= 0.3 is 5.97 Å². The van der Waals surface area contributed by atoms with Crippen molar-refractivity contribution in [1.29, 1.82) is 0 Å². The molecule has 3 aliphatic heterocycles. The molecule has 0 N–H and O–H groups in total. The van der Waals surface area contributed by atoms with Gasteiger partial charge in [-0.3, -0.25) is 0 Å². The lowest BCUT2D eigenvalue weighted by Gasteiger charge is -2.52. The van der Waals surface area contributed by atoms with Crippen molar-refractivity contribution in [3.8, 4) is 12.3 Å². The third kappa shape index (κ3) is 1.81. The Labute approximate surface area is 113 Å². The molecule has 1 aromatic carbocycles. The Bertz CT molecular complexity index is 526. The van der Waals surface area contributed by atoms with E-state index in [-0.39, 0.29) is 5.41 Å². The first-order chi connectivity index (χ1) is 9.10. The smallest absolute Gasteiger partial charge is 0.312 e. The van der Waals surface area contributed by atoms with Crippen LogP contribution in [-0.4, -0.2) is 19.8 Å². The second kappa shape index (κ2) is 4.21. The lowest BCUT2D eigenvalue weighted by atomic mass is 9.82. The molecule has 2 bridgehead atoms. The van der Waals surface area contributed by atoms with E-state index in [1.165, 1.54) is 0 Å². The Morgan fingerprint density at radius 1 is 1.16 bits per heavy atom. The van der Waals surface area contributed by atoms with E-state index in [0.29, 0.717) is 19.8 Å². The number of rotatable bonds is 2. The van der Waals surface area contributed by atoms with E-state index in [4.69, 9.17) is 20.6 Å². The quantitative estimate of drug-likeness (QED) is 0.601. The van der Waals surface area contributed by atoms with E-state index in [2.05, 4.69) is 12.5 Å². The number of benzene rings is 1.